The van der Waals surface area contributed by atoms with Crippen molar-refractivity contribution in [2.45, 2.75) is 38.3 Å². The molecule has 0 bridgehead atoms. The lowest BCUT2D eigenvalue weighted by Crippen LogP contribution is -2.13. The van der Waals surface area contributed by atoms with Crippen LogP contribution in [-0.2, 0) is 13.6 Å². The highest BCUT2D eigenvalue weighted by atomic mass is 19.1. The van der Waals surface area contributed by atoms with Crippen LogP contribution in [0.5, 0.6) is 5.75 Å². The van der Waals surface area contributed by atoms with Crippen molar-refractivity contribution in [1.29, 1.82) is 0 Å². The Bertz CT molecular complexity index is 607. The summed E-state index contributed by atoms with van der Waals surface area (Å²) in [6.07, 6.45) is 6.36. The van der Waals surface area contributed by atoms with Gasteiger partial charge in [0, 0.05) is 13.1 Å². The maximum absolute atomic E-state index is 13.5. The Morgan fingerprint density at radius 2 is 2.19 bits per heavy atom. The number of nitrogens with zero attached hydrogens (tertiary/aromatic N) is 3. The molecule has 0 atom stereocenters. The lowest BCUT2D eigenvalue weighted by Gasteiger charge is -2.17. The SMILES string of the molecule is Cn1nncc1CNc1ccc(F)cc1OC1CCCC1. The highest BCUT2D eigenvalue weighted by molar-refractivity contribution is 5.56. The highest BCUT2D eigenvalue weighted by Crippen LogP contribution is 2.30. The van der Waals surface area contributed by atoms with Gasteiger partial charge in [-0.05, 0) is 37.8 Å². The van der Waals surface area contributed by atoms with E-state index in [2.05, 4.69) is 15.6 Å². The minimum atomic E-state index is -0.282. The van der Waals surface area contributed by atoms with E-state index in [-0.39, 0.29) is 11.9 Å². The lowest BCUT2D eigenvalue weighted by molar-refractivity contribution is 0.210. The molecule has 1 saturated carbocycles. The molecular formula is C15H19FN4O. The zero-order valence-electron chi connectivity index (χ0n) is 12.1. The Morgan fingerprint density at radius 3 is 2.90 bits per heavy atom. The normalized spacial score (nSPS) is 15.3. The van der Waals surface area contributed by atoms with Crippen molar-refractivity contribution in [3.05, 3.63) is 35.9 Å². The molecule has 0 spiro atoms. The molecule has 112 valence electrons. The van der Waals surface area contributed by atoms with E-state index >= 15 is 0 Å². The first-order valence-corrected chi connectivity index (χ1v) is 7.26. The van der Waals surface area contributed by atoms with Crippen LogP contribution >= 0.6 is 0 Å². The second kappa shape index (κ2) is 6.11. The topological polar surface area (TPSA) is 52.0 Å². The summed E-state index contributed by atoms with van der Waals surface area (Å²) in [6.45, 7) is 0.566. The zero-order chi connectivity index (χ0) is 14.7. The first-order valence-electron chi connectivity index (χ1n) is 7.26. The predicted molar refractivity (Wildman–Crippen MR) is 77.6 cm³/mol. The first kappa shape index (κ1) is 13.9. The van der Waals surface area contributed by atoms with Gasteiger partial charge in [-0.25, -0.2) is 4.39 Å². The molecule has 21 heavy (non-hydrogen) atoms. The average Bonchev–Trinajstić information content (AvgIpc) is 3.10. The Hall–Kier alpha value is -2.11. The molecule has 5 nitrogen and oxygen atoms in total. The van der Waals surface area contributed by atoms with E-state index in [0.29, 0.717) is 12.3 Å². The van der Waals surface area contributed by atoms with Crippen LogP contribution in [0.1, 0.15) is 31.4 Å². The molecular weight excluding hydrogens is 271 g/mol. The van der Waals surface area contributed by atoms with Crippen LogP contribution in [-0.4, -0.2) is 21.1 Å². The van der Waals surface area contributed by atoms with Gasteiger partial charge in [0.05, 0.1) is 30.2 Å². The Balaban J connectivity index is 1.72. The maximum Gasteiger partial charge on any atom is 0.145 e. The van der Waals surface area contributed by atoms with Crippen molar-refractivity contribution in [3.63, 3.8) is 0 Å². The summed E-state index contributed by atoms with van der Waals surface area (Å²) in [7, 11) is 1.84. The van der Waals surface area contributed by atoms with Crippen molar-refractivity contribution in [3.8, 4) is 5.75 Å². The van der Waals surface area contributed by atoms with Gasteiger partial charge < -0.3 is 10.1 Å². The molecule has 3 rings (SSSR count). The summed E-state index contributed by atoms with van der Waals surface area (Å²) >= 11 is 0. The van der Waals surface area contributed by atoms with E-state index in [1.165, 1.54) is 25.0 Å². The number of nitrogens with one attached hydrogen (secondary N) is 1. The second-order valence-electron chi connectivity index (χ2n) is 5.37. The van der Waals surface area contributed by atoms with Gasteiger partial charge in [0.1, 0.15) is 11.6 Å². The van der Waals surface area contributed by atoms with Gasteiger partial charge in [-0.1, -0.05) is 5.21 Å². The molecule has 1 aliphatic carbocycles. The van der Waals surface area contributed by atoms with Crippen LogP contribution in [0.4, 0.5) is 10.1 Å². The van der Waals surface area contributed by atoms with Crippen LogP contribution in [0.25, 0.3) is 0 Å². The molecule has 1 aromatic heterocycles. The van der Waals surface area contributed by atoms with E-state index in [9.17, 15) is 4.39 Å². The number of benzene rings is 1. The van der Waals surface area contributed by atoms with E-state index in [0.717, 1.165) is 24.2 Å². The minimum Gasteiger partial charge on any atom is -0.488 e. The number of anilines is 1. The van der Waals surface area contributed by atoms with Crippen LogP contribution in [0.2, 0.25) is 0 Å². The number of hydrogen-bond acceptors (Lipinski definition) is 4. The standard InChI is InChI=1S/C15H19FN4O/c1-20-12(10-18-19-20)9-17-14-7-6-11(16)8-15(14)21-13-4-2-3-5-13/h6-8,10,13,17H,2-5,9H2,1H3. The fraction of sp³-hybridized carbons (Fsp3) is 0.467. The van der Waals surface area contributed by atoms with Gasteiger partial charge in [-0.15, -0.1) is 5.10 Å². The summed E-state index contributed by atoms with van der Waals surface area (Å²) in [5.74, 6) is 0.299. The van der Waals surface area contributed by atoms with Gasteiger partial charge in [0.15, 0.2) is 0 Å². The summed E-state index contributed by atoms with van der Waals surface area (Å²) in [6, 6.07) is 4.59. The summed E-state index contributed by atoms with van der Waals surface area (Å²) in [4.78, 5) is 0. The Kier molecular flexibility index (Phi) is 4.03. The average molecular weight is 290 g/mol. The third kappa shape index (κ3) is 3.32. The van der Waals surface area contributed by atoms with Gasteiger partial charge in [-0.3, -0.25) is 4.68 Å². The van der Waals surface area contributed by atoms with Crippen LogP contribution in [0, 0.1) is 5.82 Å². The van der Waals surface area contributed by atoms with Crippen LogP contribution in [0.3, 0.4) is 0 Å². The van der Waals surface area contributed by atoms with Crippen molar-refractivity contribution in [2.75, 3.05) is 5.32 Å². The molecule has 0 amide bonds. The molecule has 2 aromatic rings. The predicted octanol–water partition coefficient (Wildman–Crippen LogP) is 2.89. The van der Waals surface area contributed by atoms with E-state index in [4.69, 9.17) is 4.74 Å². The van der Waals surface area contributed by atoms with Gasteiger partial charge >= 0.3 is 0 Å². The number of rotatable bonds is 5. The van der Waals surface area contributed by atoms with E-state index in [1.807, 2.05) is 7.05 Å². The first-order chi connectivity index (χ1) is 10.2. The highest BCUT2D eigenvalue weighted by Gasteiger charge is 2.18. The fourth-order valence-electron chi connectivity index (χ4n) is 2.58. The second-order valence-corrected chi connectivity index (χ2v) is 5.37. The quantitative estimate of drug-likeness (QED) is 0.920. The number of hydrogen-bond donors (Lipinski definition) is 1. The molecule has 0 aliphatic heterocycles. The van der Waals surface area contributed by atoms with Crippen LogP contribution < -0.4 is 10.1 Å². The largest absolute Gasteiger partial charge is 0.488 e. The molecule has 1 aliphatic rings. The van der Waals surface area contributed by atoms with Crippen molar-refractivity contribution in [1.82, 2.24) is 15.0 Å². The van der Waals surface area contributed by atoms with Gasteiger partial charge in [0.25, 0.3) is 0 Å². The molecule has 1 heterocycles. The molecule has 6 heteroatoms. The fourth-order valence-corrected chi connectivity index (χ4v) is 2.58. The van der Waals surface area contributed by atoms with Crippen LogP contribution in [0.15, 0.2) is 24.4 Å². The third-order valence-electron chi connectivity index (χ3n) is 3.81. The van der Waals surface area contributed by atoms with Crippen molar-refractivity contribution >= 4 is 5.69 Å². The zero-order valence-corrected chi connectivity index (χ0v) is 12.1. The molecule has 0 unspecified atom stereocenters. The Morgan fingerprint density at radius 1 is 1.38 bits per heavy atom. The molecule has 1 fully saturated rings. The number of halogens is 1. The smallest absolute Gasteiger partial charge is 0.145 e. The molecule has 1 aromatic carbocycles. The van der Waals surface area contributed by atoms with E-state index < -0.39 is 0 Å². The molecule has 1 N–H and O–H groups in total. The monoisotopic (exact) mass is 290 g/mol. The molecule has 0 saturated heterocycles. The lowest BCUT2D eigenvalue weighted by atomic mass is 10.2. The van der Waals surface area contributed by atoms with Gasteiger partial charge in [-0.2, -0.15) is 0 Å². The van der Waals surface area contributed by atoms with Crippen molar-refractivity contribution in [2.24, 2.45) is 7.05 Å². The number of aromatic nitrogens is 3. The molecule has 0 radical (unpaired) electrons. The number of aryl methyl sites for hydroxylation is 1. The van der Waals surface area contributed by atoms with Gasteiger partial charge in [0.2, 0.25) is 0 Å². The summed E-state index contributed by atoms with van der Waals surface area (Å²) < 4.78 is 21.1. The Labute approximate surface area is 123 Å². The van der Waals surface area contributed by atoms with Crippen molar-refractivity contribution < 1.29 is 9.13 Å². The summed E-state index contributed by atoms with van der Waals surface area (Å²) in [5.41, 5.74) is 1.75. The maximum atomic E-state index is 13.5. The minimum absolute atomic E-state index is 0.200. The number of ether oxygens (including phenoxy) is 1. The summed E-state index contributed by atoms with van der Waals surface area (Å²) in [5, 5.41) is 11.0. The third-order valence-corrected chi connectivity index (χ3v) is 3.81. The van der Waals surface area contributed by atoms with E-state index in [1.54, 1.807) is 16.9 Å².